The van der Waals surface area contributed by atoms with Crippen LogP contribution in [0.15, 0.2) is 25.9 Å². The van der Waals surface area contributed by atoms with Crippen LogP contribution in [0.4, 0.5) is 0 Å². The second kappa shape index (κ2) is 4.00. The summed E-state index contributed by atoms with van der Waals surface area (Å²) in [6.07, 6.45) is 3.10. The zero-order valence-corrected chi connectivity index (χ0v) is 10.9. The second-order valence-corrected chi connectivity index (χ2v) is 4.62. The van der Waals surface area contributed by atoms with E-state index in [1.165, 1.54) is 13.3 Å². The van der Waals surface area contributed by atoms with Gasteiger partial charge < -0.3 is 9.64 Å². The highest BCUT2D eigenvalue weighted by atomic mass is 127. The van der Waals surface area contributed by atoms with Gasteiger partial charge in [0.05, 0.1) is 12.7 Å². The Kier molecular flexibility index (Phi) is 2.83. The monoisotopic (exact) mass is 332 g/mol. The number of carbonyl (C=O) groups excluding carboxylic acids is 2. The molecule has 2 heterocycles. The number of fused-ring (bicyclic) bond motifs is 1. The number of dihydropyridines is 1. The van der Waals surface area contributed by atoms with Crippen molar-refractivity contribution in [1.82, 2.24) is 4.90 Å². The molecule has 0 N–H and O–H groups in total. The van der Waals surface area contributed by atoms with E-state index in [1.54, 1.807) is 11.9 Å². The van der Waals surface area contributed by atoms with E-state index in [1.807, 2.05) is 6.20 Å². The molecule has 0 radical (unpaired) electrons. The molecule has 0 spiro atoms. The molecule has 2 aliphatic rings. The largest absolute Gasteiger partial charge is 0.465 e. The number of aliphatic imine (C=N–C) groups is 1. The molecular weight excluding hydrogens is 323 g/mol. The minimum atomic E-state index is -0.481. The first-order valence-corrected chi connectivity index (χ1v) is 5.64. The van der Waals surface area contributed by atoms with Gasteiger partial charge in [-0.25, -0.2) is 9.79 Å². The molecule has 1 atom stereocenters. The highest BCUT2D eigenvalue weighted by Gasteiger charge is 2.38. The van der Waals surface area contributed by atoms with Crippen molar-refractivity contribution in [2.45, 2.75) is 6.04 Å². The van der Waals surface area contributed by atoms with Crippen molar-refractivity contribution in [1.29, 1.82) is 0 Å². The number of likely N-dealkylation sites (N-methyl/N-ethyl adjacent to an activating group) is 1. The van der Waals surface area contributed by atoms with E-state index in [9.17, 15) is 9.59 Å². The maximum absolute atomic E-state index is 11.6. The van der Waals surface area contributed by atoms with Crippen LogP contribution >= 0.6 is 22.6 Å². The number of rotatable bonds is 1. The number of esters is 1. The Morgan fingerprint density at radius 1 is 1.62 bits per heavy atom. The Hall–Kier alpha value is -1.18. The van der Waals surface area contributed by atoms with Gasteiger partial charge in [-0.15, -0.1) is 0 Å². The lowest BCUT2D eigenvalue weighted by atomic mass is 10.00. The van der Waals surface area contributed by atoms with Crippen LogP contribution in [-0.4, -0.2) is 43.2 Å². The molecule has 6 heteroatoms. The van der Waals surface area contributed by atoms with Gasteiger partial charge in [0, 0.05) is 28.6 Å². The van der Waals surface area contributed by atoms with Crippen LogP contribution in [-0.2, 0) is 14.3 Å². The van der Waals surface area contributed by atoms with Gasteiger partial charge in [-0.05, 0) is 22.6 Å². The average molecular weight is 332 g/mol. The zero-order valence-electron chi connectivity index (χ0n) is 8.73. The predicted molar refractivity (Wildman–Crippen MR) is 66.2 cm³/mol. The molecule has 2 rings (SSSR count). The fourth-order valence-corrected chi connectivity index (χ4v) is 2.80. The van der Waals surface area contributed by atoms with Crippen molar-refractivity contribution < 1.29 is 14.3 Å². The molecule has 84 valence electrons. The summed E-state index contributed by atoms with van der Waals surface area (Å²) in [6, 6.07) is -0.481. The molecule has 0 aliphatic carbocycles. The topological polar surface area (TPSA) is 59.0 Å². The van der Waals surface area contributed by atoms with Crippen LogP contribution < -0.4 is 0 Å². The van der Waals surface area contributed by atoms with Crippen LogP contribution in [0.3, 0.4) is 0 Å². The predicted octanol–water partition coefficient (Wildman–Crippen LogP) is 0.657. The van der Waals surface area contributed by atoms with Gasteiger partial charge >= 0.3 is 5.97 Å². The molecule has 0 saturated heterocycles. The fraction of sp³-hybridized carbons (Fsp3) is 0.300. The summed E-state index contributed by atoms with van der Waals surface area (Å²) < 4.78 is 5.53. The zero-order chi connectivity index (χ0) is 11.9. The molecule has 0 aromatic rings. The summed E-state index contributed by atoms with van der Waals surface area (Å²) in [5.74, 6) is -0.720. The molecule has 2 aliphatic heterocycles. The Labute approximate surface area is 106 Å². The summed E-state index contributed by atoms with van der Waals surface area (Å²) in [7, 11) is 3.09. The number of hydrogen-bond acceptors (Lipinski definition) is 4. The molecule has 0 bridgehead atoms. The van der Waals surface area contributed by atoms with Gasteiger partial charge in [-0.2, -0.15) is 0 Å². The number of hydrogen-bond donors (Lipinski definition) is 0. The van der Waals surface area contributed by atoms with E-state index in [0.29, 0.717) is 11.1 Å². The van der Waals surface area contributed by atoms with Crippen LogP contribution in [0.5, 0.6) is 0 Å². The molecule has 0 aromatic carbocycles. The van der Waals surface area contributed by atoms with Crippen molar-refractivity contribution in [3.8, 4) is 0 Å². The molecule has 5 nitrogen and oxygen atoms in total. The minimum absolute atomic E-state index is 0.256. The standard InChI is InChI=1S/C10H9IN2O3/c1-13-4-6(11)7-5(10(15)16-2)3-12-9(14)8(7)13/h3-4,8H,1-2H3. The molecule has 0 fully saturated rings. The lowest BCUT2D eigenvalue weighted by molar-refractivity contribution is -0.135. The van der Waals surface area contributed by atoms with E-state index < -0.39 is 12.0 Å². The third-order valence-electron chi connectivity index (χ3n) is 2.51. The van der Waals surface area contributed by atoms with E-state index >= 15 is 0 Å². The smallest absolute Gasteiger partial charge is 0.339 e. The van der Waals surface area contributed by atoms with Crippen LogP contribution in [0.25, 0.3) is 0 Å². The average Bonchev–Trinajstić information content (AvgIpc) is 2.55. The third kappa shape index (κ3) is 1.57. The van der Waals surface area contributed by atoms with Gasteiger partial charge in [0.1, 0.15) is 6.04 Å². The first kappa shape index (κ1) is 11.3. The third-order valence-corrected chi connectivity index (χ3v) is 3.36. The van der Waals surface area contributed by atoms with Crippen LogP contribution in [0.1, 0.15) is 0 Å². The molecule has 1 unspecified atom stereocenters. The SMILES string of the molecule is COC(=O)C1=C2C(I)=CN(C)C2C(=O)N=C1. The Bertz CT molecular complexity index is 465. The van der Waals surface area contributed by atoms with Crippen molar-refractivity contribution in [2.24, 2.45) is 4.99 Å². The number of halogens is 1. The fourth-order valence-electron chi connectivity index (χ4n) is 1.77. The van der Waals surface area contributed by atoms with E-state index in [-0.39, 0.29) is 5.91 Å². The van der Waals surface area contributed by atoms with Crippen molar-refractivity contribution in [3.05, 3.63) is 20.9 Å². The van der Waals surface area contributed by atoms with E-state index in [4.69, 9.17) is 0 Å². The highest BCUT2D eigenvalue weighted by Crippen LogP contribution is 2.35. The van der Waals surface area contributed by atoms with Gasteiger partial charge in [0.25, 0.3) is 5.91 Å². The van der Waals surface area contributed by atoms with Gasteiger partial charge in [-0.3, -0.25) is 4.79 Å². The molecule has 0 aromatic heterocycles. The molecular formula is C10H9IN2O3. The Morgan fingerprint density at radius 3 is 2.94 bits per heavy atom. The Morgan fingerprint density at radius 2 is 2.31 bits per heavy atom. The number of ether oxygens (including phenoxy) is 1. The summed E-state index contributed by atoms with van der Waals surface area (Å²) >= 11 is 2.10. The summed E-state index contributed by atoms with van der Waals surface area (Å²) in [5.41, 5.74) is 1.05. The van der Waals surface area contributed by atoms with Crippen LogP contribution in [0.2, 0.25) is 0 Å². The first-order valence-electron chi connectivity index (χ1n) is 4.56. The quantitative estimate of drug-likeness (QED) is 0.523. The first-order chi connectivity index (χ1) is 7.56. The normalized spacial score (nSPS) is 23.4. The second-order valence-electron chi connectivity index (χ2n) is 3.46. The lowest BCUT2D eigenvalue weighted by Crippen LogP contribution is -2.36. The van der Waals surface area contributed by atoms with E-state index in [0.717, 1.165) is 3.58 Å². The number of amides is 1. The van der Waals surface area contributed by atoms with Gasteiger partial charge in [0.15, 0.2) is 0 Å². The van der Waals surface area contributed by atoms with E-state index in [2.05, 4.69) is 32.3 Å². The molecule has 16 heavy (non-hydrogen) atoms. The lowest BCUT2D eigenvalue weighted by Gasteiger charge is -2.22. The number of carbonyl (C=O) groups is 2. The van der Waals surface area contributed by atoms with Gasteiger partial charge in [-0.1, -0.05) is 0 Å². The Balaban J connectivity index is 2.55. The minimum Gasteiger partial charge on any atom is -0.465 e. The molecule has 1 amide bonds. The highest BCUT2D eigenvalue weighted by molar-refractivity contribution is 14.1. The van der Waals surface area contributed by atoms with Gasteiger partial charge in [0.2, 0.25) is 0 Å². The maximum atomic E-state index is 11.6. The van der Waals surface area contributed by atoms with Crippen LogP contribution in [0, 0.1) is 0 Å². The summed E-state index contributed by atoms with van der Waals surface area (Å²) in [6.45, 7) is 0. The number of methoxy groups -OCH3 is 1. The summed E-state index contributed by atoms with van der Waals surface area (Å²) in [5, 5.41) is 0. The maximum Gasteiger partial charge on any atom is 0.339 e. The van der Waals surface area contributed by atoms with Crippen molar-refractivity contribution in [3.63, 3.8) is 0 Å². The summed E-state index contributed by atoms with van der Waals surface area (Å²) in [4.78, 5) is 28.6. The molecule has 0 saturated carbocycles. The van der Waals surface area contributed by atoms with Crippen molar-refractivity contribution >= 4 is 40.7 Å². The number of nitrogens with zero attached hydrogens (tertiary/aromatic N) is 2. The van der Waals surface area contributed by atoms with Crippen molar-refractivity contribution in [2.75, 3.05) is 14.2 Å².